The van der Waals surface area contributed by atoms with Gasteiger partial charge >= 0.3 is 0 Å². The van der Waals surface area contributed by atoms with Gasteiger partial charge in [0.2, 0.25) is 17.6 Å². The molecule has 0 saturated carbocycles. The number of aliphatic hydroxyl groups excluding tert-OH is 1. The summed E-state index contributed by atoms with van der Waals surface area (Å²) in [4.78, 5) is 19.3. The van der Waals surface area contributed by atoms with Crippen LogP contribution in [-0.2, 0) is 11.2 Å². The number of aryl methyl sites for hydroxylation is 1. The molecule has 118 valence electrons. The van der Waals surface area contributed by atoms with Gasteiger partial charge in [0, 0.05) is 19.4 Å². The molecule has 6 nitrogen and oxygen atoms in total. The van der Waals surface area contributed by atoms with Gasteiger partial charge in [-0.05, 0) is 30.7 Å². The summed E-state index contributed by atoms with van der Waals surface area (Å²) in [5, 5.41) is 15.2. The normalized spacial score (nSPS) is 18.0. The molecule has 1 saturated heterocycles. The van der Waals surface area contributed by atoms with Gasteiger partial charge in [-0.25, -0.2) is 0 Å². The molecule has 1 N–H and O–H groups in total. The number of carbonyl (C=O) groups excluding carboxylic acids is 1. The van der Waals surface area contributed by atoms with E-state index in [0.717, 1.165) is 24.3 Å². The van der Waals surface area contributed by atoms with Crippen molar-refractivity contribution in [1.29, 1.82) is 0 Å². The molecule has 1 aliphatic rings. The molecule has 2 aromatic heterocycles. The summed E-state index contributed by atoms with van der Waals surface area (Å²) < 4.78 is 5.22. The van der Waals surface area contributed by atoms with Crippen molar-refractivity contribution in [2.24, 2.45) is 0 Å². The van der Waals surface area contributed by atoms with E-state index in [4.69, 9.17) is 4.52 Å². The highest BCUT2D eigenvalue weighted by molar-refractivity contribution is 7.13. The quantitative estimate of drug-likeness (QED) is 0.881. The van der Waals surface area contributed by atoms with Crippen LogP contribution in [0.25, 0.3) is 10.7 Å². The highest BCUT2D eigenvalue weighted by atomic mass is 32.1. The molecule has 0 unspecified atom stereocenters. The van der Waals surface area contributed by atoms with Crippen molar-refractivity contribution in [3.05, 3.63) is 23.4 Å². The molecule has 1 atom stereocenters. The van der Waals surface area contributed by atoms with Crippen LogP contribution in [0.3, 0.4) is 0 Å². The Hall–Kier alpha value is -1.73. The fourth-order valence-electron chi connectivity index (χ4n) is 2.75. The molecule has 1 amide bonds. The van der Waals surface area contributed by atoms with Crippen LogP contribution in [0.15, 0.2) is 22.0 Å². The van der Waals surface area contributed by atoms with E-state index < -0.39 is 0 Å². The SMILES string of the molecule is O=C(CCCc1nc(-c2cccs2)no1)N1CCC[C@@H]1CO. The molecule has 0 aliphatic carbocycles. The summed E-state index contributed by atoms with van der Waals surface area (Å²) in [7, 11) is 0. The minimum absolute atomic E-state index is 0.00124. The maximum Gasteiger partial charge on any atom is 0.226 e. The van der Waals surface area contributed by atoms with E-state index in [-0.39, 0.29) is 18.6 Å². The monoisotopic (exact) mass is 321 g/mol. The van der Waals surface area contributed by atoms with Crippen LogP contribution in [-0.4, -0.2) is 45.2 Å². The fourth-order valence-corrected chi connectivity index (χ4v) is 3.40. The third-order valence-corrected chi connectivity index (χ3v) is 4.76. The Morgan fingerprint density at radius 1 is 1.55 bits per heavy atom. The lowest BCUT2D eigenvalue weighted by molar-refractivity contribution is -0.132. The number of aromatic nitrogens is 2. The molecule has 2 aromatic rings. The molecular weight excluding hydrogens is 302 g/mol. The Kier molecular flexibility index (Phi) is 4.84. The van der Waals surface area contributed by atoms with E-state index >= 15 is 0 Å². The lowest BCUT2D eigenvalue weighted by atomic mass is 10.2. The molecule has 3 rings (SSSR count). The van der Waals surface area contributed by atoms with Crippen LogP contribution in [0.4, 0.5) is 0 Å². The standard InChI is InChI=1S/C15H19N3O3S/c19-10-11-4-2-8-18(11)14(20)7-1-6-13-16-15(17-21-13)12-5-3-9-22-12/h3,5,9,11,19H,1-2,4,6-8,10H2/t11-/m1/s1. The van der Waals surface area contributed by atoms with Crippen LogP contribution < -0.4 is 0 Å². The molecule has 1 aliphatic heterocycles. The first kappa shape index (κ1) is 15.2. The first-order valence-electron chi connectivity index (χ1n) is 7.54. The van der Waals surface area contributed by atoms with Crippen molar-refractivity contribution in [3.63, 3.8) is 0 Å². The second-order valence-corrected chi connectivity index (χ2v) is 6.36. The zero-order chi connectivity index (χ0) is 15.4. The average Bonchev–Trinajstić information content (AvgIpc) is 3.26. The summed E-state index contributed by atoms with van der Waals surface area (Å²) in [6.07, 6.45) is 3.61. The number of hydrogen-bond acceptors (Lipinski definition) is 6. The Balaban J connectivity index is 1.48. The van der Waals surface area contributed by atoms with Crippen molar-refractivity contribution in [3.8, 4) is 10.7 Å². The van der Waals surface area contributed by atoms with Crippen LogP contribution in [0, 0.1) is 0 Å². The van der Waals surface area contributed by atoms with Crippen LogP contribution in [0.2, 0.25) is 0 Å². The maximum absolute atomic E-state index is 12.1. The molecule has 1 fully saturated rings. The van der Waals surface area contributed by atoms with Gasteiger partial charge in [-0.3, -0.25) is 4.79 Å². The highest BCUT2D eigenvalue weighted by Gasteiger charge is 2.27. The first-order chi connectivity index (χ1) is 10.8. The summed E-state index contributed by atoms with van der Waals surface area (Å²) in [6, 6.07) is 3.90. The van der Waals surface area contributed by atoms with E-state index in [1.54, 1.807) is 16.2 Å². The minimum Gasteiger partial charge on any atom is -0.394 e. The largest absolute Gasteiger partial charge is 0.394 e. The van der Waals surface area contributed by atoms with Gasteiger partial charge in [0.1, 0.15) is 0 Å². The topological polar surface area (TPSA) is 79.5 Å². The Bertz CT molecular complexity index is 611. The molecule has 22 heavy (non-hydrogen) atoms. The minimum atomic E-state index is 0.00124. The Labute approximate surface area is 132 Å². The van der Waals surface area contributed by atoms with Gasteiger partial charge in [0.15, 0.2) is 0 Å². The molecule has 3 heterocycles. The lowest BCUT2D eigenvalue weighted by Gasteiger charge is -2.22. The van der Waals surface area contributed by atoms with Crippen molar-refractivity contribution < 1.29 is 14.4 Å². The molecule has 0 spiro atoms. The summed E-state index contributed by atoms with van der Waals surface area (Å²) in [6.45, 7) is 0.812. The Morgan fingerprint density at radius 3 is 3.23 bits per heavy atom. The Morgan fingerprint density at radius 2 is 2.45 bits per heavy atom. The predicted molar refractivity (Wildman–Crippen MR) is 82.4 cm³/mol. The molecule has 7 heteroatoms. The number of likely N-dealkylation sites (tertiary alicyclic amines) is 1. The van der Waals surface area contributed by atoms with Crippen molar-refractivity contribution in [2.75, 3.05) is 13.2 Å². The van der Waals surface area contributed by atoms with Gasteiger partial charge in [-0.1, -0.05) is 11.2 Å². The van der Waals surface area contributed by atoms with Gasteiger partial charge < -0.3 is 14.5 Å². The lowest BCUT2D eigenvalue weighted by Crippen LogP contribution is -2.37. The van der Waals surface area contributed by atoms with Gasteiger partial charge in [-0.15, -0.1) is 11.3 Å². The summed E-state index contributed by atoms with van der Waals surface area (Å²) in [5.74, 6) is 1.28. The van der Waals surface area contributed by atoms with Gasteiger partial charge in [-0.2, -0.15) is 4.98 Å². The number of hydrogen-bond donors (Lipinski definition) is 1. The molecule has 0 radical (unpaired) electrons. The van der Waals surface area contributed by atoms with E-state index in [0.29, 0.717) is 31.0 Å². The first-order valence-corrected chi connectivity index (χ1v) is 8.42. The zero-order valence-corrected chi connectivity index (χ0v) is 13.1. The fraction of sp³-hybridized carbons (Fsp3) is 0.533. The number of carbonyl (C=O) groups is 1. The molecule has 0 aromatic carbocycles. The van der Waals surface area contributed by atoms with Gasteiger partial charge in [0.25, 0.3) is 0 Å². The second kappa shape index (κ2) is 7.02. The van der Waals surface area contributed by atoms with Crippen LogP contribution in [0.1, 0.15) is 31.6 Å². The van der Waals surface area contributed by atoms with Crippen molar-refractivity contribution in [2.45, 2.75) is 38.1 Å². The van der Waals surface area contributed by atoms with Crippen LogP contribution in [0.5, 0.6) is 0 Å². The van der Waals surface area contributed by atoms with E-state index in [1.807, 2.05) is 17.5 Å². The third kappa shape index (κ3) is 3.36. The van der Waals surface area contributed by atoms with Crippen molar-refractivity contribution in [1.82, 2.24) is 15.0 Å². The zero-order valence-electron chi connectivity index (χ0n) is 12.3. The number of nitrogens with zero attached hydrogens (tertiary/aromatic N) is 3. The van der Waals surface area contributed by atoms with E-state index in [2.05, 4.69) is 10.1 Å². The smallest absolute Gasteiger partial charge is 0.226 e. The number of aliphatic hydroxyl groups is 1. The summed E-state index contributed by atoms with van der Waals surface area (Å²) >= 11 is 1.57. The average molecular weight is 321 g/mol. The number of thiophene rings is 1. The summed E-state index contributed by atoms with van der Waals surface area (Å²) in [5.41, 5.74) is 0. The van der Waals surface area contributed by atoms with Crippen LogP contribution >= 0.6 is 11.3 Å². The van der Waals surface area contributed by atoms with Crippen molar-refractivity contribution >= 4 is 17.2 Å². The van der Waals surface area contributed by atoms with Gasteiger partial charge in [0.05, 0.1) is 17.5 Å². The predicted octanol–water partition coefficient (Wildman–Crippen LogP) is 2.10. The number of amides is 1. The second-order valence-electron chi connectivity index (χ2n) is 5.41. The molecule has 0 bridgehead atoms. The number of rotatable bonds is 6. The van der Waals surface area contributed by atoms with E-state index in [9.17, 15) is 9.90 Å². The molecular formula is C15H19N3O3S. The highest BCUT2D eigenvalue weighted by Crippen LogP contribution is 2.22. The maximum atomic E-state index is 12.1. The van der Waals surface area contributed by atoms with E-state index in [1.165, 1.54) is 0 Å². The third-order valence-electron chi connectivity index (χ3n) is 3.90.